The number of aryl methyl sites for hydroxylation is 1. The first-order chi connectivity index (χ1) is 12.0. The van der Waals surface area contributed by atoms with E-state index in [2.05, 4.69) is 15.5 Å². The summed E-state index contributed by atoms with van der Waals surface area (Å²) in [5.41, 5.74) is 1.52. The van der Waals surface area contributed by atoms with E-state index in [0.29, 0.717) is 17.4 Å². The maximum Gasteiger partial charge on any atom is 0.268 e. The SMILES string of the molecule is CC(=O)N1CCCC[C@H]1c1ccc(C(=O)NCc2nc(C)no2)n1C. The summed E-state index contributed by atoms with van der Waals surface area (Å²) in [7, 11) is 1.86. The molecule has 8 heteroatoms. The number of piperidine rings is 1. The van der Waals surface area contributed by atoms with Crippen molar-refractivity contribution in [3.63, 3.8) is 0 Å². The second-order valence-electron chi connectivity index (χ2n) is 6.34. The molecular formula is C17H23N5O3. The average molecular weight is 345 g/mol. The standard InChI is InChI=1S/C17H23N5O3/c1-11-19-16(25-20-11)10-18-17(24)15-8-7-13(21(15)3)14-6-4-5-9-22(14)12(2)23/h7-8,14H,4-6,9-10H2,1-3H3,(H,18,24)/t14-/m0/s1. The van der Waals surface area contributed by atoms with Crippen LogP contribution in [0.25, 0.3) is 0 Å². The molecule has 2 aromatic rings. The minimum absolute atomic E-state index is 0.0244. The fraction of sp³-hybridized carbons (Fsp3) is 0.529. The Labute approximate surface area is 146 Å². The Kier molecular flexibility index (Phi) is 4.87. The second kappa shape index (κ2) is 7.08. The largest absolute Gasteiger partial charge is 0.342 e. The molecule has 0 unspecified atom stereocenters. The Hall–Kier alpha value is -2.64. The normalized spacial score (nSPS) is 17.6. The van der Waals surface area contributed by atoms with E-state index in [9.17, 15) is 9.59 Å². The Morgan fingerprint density at radius 1 is 1.36 bits per heavy atom. The van der Waals surface area contributed by atoms with Crippen molar-refractivity contribution in [2.75, 3.05) is 6.54 Å². The molecule has 1 aliphatic rings. The fourth-order valence-electron chi connectivity index (χ4n) is 3.36. The maximum atomic E-state index is 12.5. The Bertz CT molecular complexity index is 779. The van der Waals surface area contributed by atoms with E-state index in [1.165, 1.54) is 0 Å². The van der Waals surface area contributed by atoms with Crippen LogP contribution < -0.4 is 5.32 Å². The molecule has 1 N–H and O–H groups in total. The number of nitrogens with zero attached hydrogens (tertiary/aromatic N) is 4. The maximum absolute atomic E-state index is 12.5. The van der Waals surface area contributed by atoms with E-state index in [-0.39, 0.29) is 24.4 Å². The van der Waals surface area contributed by atoms with Crippen LogP contribution in [-0.2, 0) is 18.4 Å². The highest BCUT2D eigenvalue weighted by Crippen LogP contribution is 2.31. The third-order valence-corrected chi connectivity index (χ3v) is 4.61. The van der Waals surface area contributed by atoms with Crippen LogP contribution in [-0.4, -0.2) is 38.0 Å². The molecule has 0 saturated carbocycles. The van der Waals surface area contributed by atoms with Gasteiger partial charge in [0.15, 0.2) is 5.82 Å². The molecule has 2 amide bonds. The van der Waals surface area contributed by atoms with Gasteiger partial charge in [0.05, 0.1) is 12.6 Å². The molecule has 0 aliphatic carbocycles. The molecule has 1 atom stereocenters. The molecule has 0 spiro atoms. The third-order valence-electron chi connectivity index (χ3n) is 4.61. The van der Waals surface area contributed by atoms with E-state index in [1.54, 1.807) is 19.9 Å². The number of carbonyl (C=O) groups excluding carboxylic acids is 2. The van der Waals surface area contributed by atoms with E-state index in [0.717, 1.165) is 31.5 Å². The van der Waals surface area contributed by atoms with Gasteiger partial charge in [0.1, 0.15) is 5.69 Å². The number of nitrogens with one attached hydrogen (secondary N) is 1. The first-order valence-electron chi connectivity index (χ1n) is 8.47. The van der Waals surface area contributed by atoms with Gasteiger partial charge in [0, 0.05) is 26.2 Å². The Balaban J connectivity index is 1.73. The third kappa shape index (κ3) is 3.57. The molecule has 0 bridgehead atoms. The van der Waals surface area contributed by atoms with Gasteiger partial charge in [-0.1, -0.05) is 5.16 Å². The van der Waals surface area contributed by atoms with Gasteiger partial charge in [-0.2, -0.15) is 4.98 Å². The van der Waals surface area contributed by atoms with E-state index < -0.39 is 0 Å². The number of carbonyl (C=O) groups is 2. The molecule has 3 heterocycles. The monoisotopic (exact) mass is 345 g/mol. The molecule has 1 saturated heterocycles. The topological polar surface area (TPSA) is 93.3 Å². The molecule has 0 aromatic carbocycles. The molecular weight excluding hydrogens is 322 g/mol. The predicted molar refractivity (Wildman–Crippen MR) is 89.6 cm³/mol. The van der Waals surface area contributed by atoms with E-state index in [4.69, 9.17) is 4.52 Å². The number of likely N-dealkylation sites (tertiary alicyclic amines) is 1. The molecule has 0 radical (unpaired) electrons. The first-order valence-corrected chi connectivity index (χ1v) is 8.47. The molecule has 8 nitrogen and oxygen atoms in total. The Morgan fingerprint density at radius 2 is 2.16 bits per heavy atom. The molecule has 134 valence electrons. The van der Waals surface area contributed by atoms with Crippen molar-refractivity contribution >= 4 is 11.8 Å². The molecule has 3 rings (SSSR count). The van der Waals surface area contributed by atoms with Crippen molar-refractivity contribution in [1.82, 2.24) is 24.9 Å². The number of hydrogen-bond donors (Lipinski definition) is 1. The highest BCUT2D eigenvalue weighted by Gasteiger charge is 2.28. The lowest BCUT2D eigenvalue weighted by atomic mass is 9.99. The molecule has 25 heavy (non-hydrogen) atoms. The van der Waals surface area contributed by atoms with Gasteiger partial charge in [0.25, 0.3) is 5.91 Å². The highest BCUT2D eigenvalue weighted by atomic mass is 16.5. The van der Waals surface area contributed by atoms with Gasteiger partial charge in [-0.25, -0.2) is 0 Å². The second-order valence-corrected chi connectivity index (χ2v) is 6.34. The van der Waals surface area contributed by atoms with Crippen LogP contribution in [0.15, 0.2) is 16.7 Å². The van der Waals surface area contributed by atoms with Crippen molar-refractivity contribution < 1.29 is 14.1 Å². The van der Waals surface area contributed by atoms with Crippen molar-refractivity contribution in [2.45, 2.75) is 45.7 Å². The van der Waals surface area contributed by atoms with Crippen molar-refractivity contribution in [2.24, 2.45) is 7.05 Å². The number of amides is 2. The lowest BCUT2D eigenvalue weighted by molar-refractivity contribution is -0.132. The summed E-state index contributed by atoms with van der Waals surface area (Å²) in [5.74, 6) is 0.765. The predicted octanol–water partition coefficient (Wildman–Crippen LogP) is 1.72. The smallest absolute Gasteiger partial charge is 0.268 e. The Morgan fingerprint density at radius 3 is 2.84 bits per heavy atom. The molecule has 2 aromatic heterocycles. The van der Waals surface area contributed by atoms with E-state index >= 15 is 0 Å². The summed E-state index contributed by atoms with van der Waals surface area (Å²) in [5, 5.41) is 6.48. The van der Waals surface area contributed by atoms with Crippen LogP contribution in [0.3, 0.4) is 0 Å². The van der Waals surface area contributed by atoms with Gasteiger partial charge in [-0.15, -0.1) is 0 Å². The summed E-state index contributed by atoms with van der Waals surface area (Å²) in [4.78, 5) is 30.3. The van der Waals surface area contributed by atoms with Crippen LogP contribution in [0.1, 0.15) is 60.1 Å². The molecule has 1 fully saturated rings. The van der Waals surface area contributed by atoms with Crippen LogP contribution in [0.5, 0.6) is 0 Å². The summed E-state index contributed by atoms with van der Waals surface area (Å²) in [6.07, 6.45) is 3.02. The van der Waals surface area contributed by atoms with Crippen molar-refractivity contribution in [3.05, 3.63) is 35.2 Å². The zero-order valence-electron chi connectivity index (χ0n) is 14.8. The number of hydrogen-bond acceptors (Lipinski definition) is 5. The zero-order chi connectivity index (χ0) is 18.0. The van der Waals surface area contributed by atoms with Crippen LogP contribution in [0.2, 0.25) is 0 Å². The van der Waals surface area contributed by atoms with Crippen LogP contribution in [0, 0.1) is 6.92 Å². The van der Waals surface area contributed by atoms with Gasteiger partial charge in [0.2, 0.25) is 11.8 Å². The summed E-state index contributed by atoms with van der Waals surface area (Å²) in [6.45, 7) is 4.27. The van der Waals surface area contributed by atoms with Gasteiger partial charge < -0.3 is 19.3 Å². The highest BCUT2D eigenvalue weighted by molar-refractivity contribution is 5.92. The minimum atomic E-state index is -0.213. The number of aromatic nitrogens is 3. The first kappa shape index (κ1) is 17.2. The summed E-state index contributed by atoms with van der Waals surface area (Å²) in [6, 6.07) is 3.74. The lowest BCUT2D eigenvalue weighted by Crippen LogP contribution is -2.38. The summed E-state index contributed by atoms with van der Waals surface area (Å²) < 4.78 is 6.86. The van der Waals surface area contributed by atoms with Crippen LogP contribution in [0.4, 0.5) is 0 Å². The minimum Gasteiger partial charge on any atom is -0.342 e. The van der Waals surface area contributed by atoms with E-state index in [1.807, 2.05) is 22.6 Å². The van der Waals surface area contributed by atoms with Crippen molar-refractivity contribution in [3.8, 4) is 0 Å². The fourth-order valence-corrected chi connectivity index (χ4v) is 3.36. The van der Waals surface area contributed by atoms with Crippen molar-refractivity contribution in [1.29, 1.82) is 0 Å². The summed E-state index contributed by atoms with van der Waals surface area (Å²) >= 11 is 0. The number of rotatable bonds is 4. The van der Waals surface area contributed by atoms with Crippen LogP contribution >= 0.6 is 0 Å². The average Bonchev–Trinajstić information content (AvgIpc) is 3.18. The van der Waals surface area contributed by atoms with Gasteiger partial charge in [-0.05, 0) is 38.3 Å². The zero-order valence-corrected chi connectivity index (χ0v) is 14.8. The van der Waals surface area contributed by atoms with Gasteiger partial charge >= 0.3 is 0 Å². The van der Waals surface area contributed by atoms with Gasteiger partial charge in [-0.3, -0.25) is 9.59 Å². The molecule has 1 aliphatic heterocycles. The quantitative estimate of drug-likeness (QED) is 0.911. The lowest BCUT2D eigenvalue weighted by Gasteiger charge is -2.35.